The van der Waals surface area contributed by atoms with Crippen molar-refractivity contribution in [1.82, 2.24) is 0 Å². The number of allylic oxidation sites excluding steroid dienone is 2. The van der Waals surface area contributed by atoms with Crippen molar-refractivity contribution < 1.29 is 28.8 Å². The summed E-state index contributed by atoms with van der Waals surface area (Å²) < 4.78 is 28.9. The minimum atomic E-state index is -0.0641. The predicted octanol–water partition coefficient (Wildman–Crippen LogP) is 2.82. The van der Waals surface area contributed by atoms with Crippen LogP contribution in [-0.4, -0.2) is 50.9 Å². The molecule has 2 aromatic rings. The molecule has 1 N–H and O–H groups in total. The van der Waals surface area contributed by atoms with Gasteiger partial charge in [-0.3, -0.25) is 0 Å². The van der Waals surface area contributed by atoms with E-state index < -0.39 is 0 Å². The minimum Gasteiger partial charge on any atom is -0.501 e. The molecule has 0 saturated carbocycles. The van der Waals surface area contributed by atoms with E-state index in [2.05, 4.69) is 12.1 Å². The number of hydrogen-bond acceptors (Lipinski definition) is 6. The van der Waals surface area contributed by atoms with Crippen molar-refractivity contribution in [2.24, 2.45) is 0 Å². The molecule has 0 spiro atoms. The average molecular weight is 398 g/mol. The molecule has 5 rings (SSSR count). The molecule has 0 aromatic heterocycles. The molecule has 2 fully saturated rings. The maximum atomic E-state index is 10.1. The lowest BCUT2D eigenvalue weighted by Crippen LogP contribution is -2.15. The van der Waals surface area contributed by atoms with Gasteiger partial charge < -0.3 is 28.8 Å². The van der Waals surface area contributed by atoms with Gasteiger partial charge in [0, 0.05) is 28.3 Å². The third-order valence-electron chi connectivity index (χ3n) is 5.70. The van der Waals surface area contributed by atoms with Crippen molar-refractivity contribution in [2.75, 3.05) is 33.5 Å². The number of benzene rings is 2. The highest BCUT2D eigenvalue weighted by molar-refractivity contribution is 5.99. The lowest BCUT2D eigenvalue weighted by atomic mass is 9.87. The van der Waals surface area contributed by atoms with E-state index in [0.29, 0.717) is 26.1 Å². The Bertz CT molecular complexity index is 971. The Balaban J connectivity index is 1.71. The van der Waals surface area contributed by atoms with Crippen LogP contribution in [0.2, 0.25) is 0 Å². The van der Waals surface area contributed by atoms with Crippen LogP contribution in [-0.2, 0) is 33.7 Å². The van der Waals surface area contributed by atoms with E-state index in [4.69, 9.17) is 23.7 Å². The molecule has 3 aliphatic rings. The molecule has 2 unspecified atom stereocenters. The van der Waals surface area contributed by atoms with Gasteiger partial charge in [0.05, 0.1) is 32.7 Å². The molecular formula is C23H26O6. The maximum absolute atomic E-state index is 10.1. The van der Waals surface area contributed by atoms with E-state index in [0.717, 1.165) is 63.5 Å². The Labute approximate surface area is 170 Å². The first-order chi connectivity index (χ1) is 14.2. The number of methoxy groups -OCH3 is 1. The standard InChI is InChI=1S/C23H26O6/c1-13-5-14(8-24)21-20(6-13)22(28-11-16-9-26-16)18-4-3-15(25-2)7-19(18)23(21)29-12-17-10-27-17/h3,5-6,16-17,24H,4,7-12H2,1-2H3. The molecule has 2 atom stereocenters. The Hall–Kier alpha value is -2.28. The van der Waals surface area contributed by atoms with E-state index in [1.165, 1.54) is 0 Å². The van der Waals surface area contributed by atoms with Crippen molar-refractivity contribution in [1.29, 1.82) is 0 Å². The van der Waals surface area contributed by atoms with Gasteiger partial charge >= 0.3 is 0 Å². The van der Waals surface area contributed by atoms with Crippen LogP contribution in [0.4, 0.5) is 0 Å². The number of ether oxygens (including phenoxy) is 5. The molecule has 0 bridgehead atoms. The molecular weight excluding hydrogens is 372 g/mol. The fraction of sp³-hybridized carbons (Fsp3) is 0.478. The highest BCUT2D eigenvalue weighted by Crippen LogP contribution is 2.46. The number of rotatable bonds is 8. The maximum Gasteiger partial charge on any atom is 0.131 e. The largest absolute Gasteiger partial charge is 0.501 e. The first kappa shape index (κ1) is 18.7. The normalized spacial score (nSPS) is 22.1. The van der Waals surface area contributed by atoms with Gasteiger partial charge in [-0.05, 0) is 36.6 Å². The molecule has 2 heterocycles. The van der Waals surface area contributed by atoms with Gasteiger partial charge in [-0.2, -0.15) is 0 Å². The lowest BCUT2D eigenvalue weighted by molar-refractivity contribution is 0.251. The summed E-state index contributed by atoms with van der Waals surface area (Å²) in [6.45, 7) is 4.48. The number of aliphatic hydroxyl groups excluding tert-OH is 1. The van der Waals surface area contributed by atoms with Crippen LogP contribution >= 0.6 is 0 Å². The zero-order valence-corrected chi connectivity index (χ0v) is 16.8. The monoisotopic (exact) mass is 398 g/mol. The molecule has 154 valence electrons. The number of epoxide rings is 2. The fourth-order valence-corrected chi connectivity index (χ4v) is 4.05. The second-order valence-corrected chi connectivity index (χ2v) is 7.91. The Morgan fingerprint density at radius 2 is 1.72 bits per heavy atom. The van der Waals surface area contributed by atoms with Gasteiger partial charge in [0.1, 0.15) is 36.9 Å². The summed E-state index contributed by atoms with van der Waals surface area (Å²) in [5.74, 6) is 2.59. The summed E-state index contributed by atoms with van der Waals surface area (Å²) in [6, 6.07) is 4.13. The number of aryl methyl sites for hydroxylation is 1. The van der Waals surface area contributed by atoms with Gasteiger partial charge in [0.25, 0.3) is 0 Å². The summed E-state index contributed by atoms with van der Waals surface area (Å²) in [7, 11) is 1.70. The molecule has 6 heteroatoms. The Morgan fingerprint density at radius 1 is 1.03 bits per heavy atom. The SMILES string of the molecule is COC1=CCc2c(c(OCC3CO3)c3c(CO)cc(C)cc3c2OCC2CO2)C1. The van der Waals surface area contributed by atoms with E-state index in [1.807, 2.05) is 13.0 Å². The van der Waals surface area contributed by atoms with Crippen LogP contribution in [0.3, 0.4) is 0 Å². The van der Waals surface area contributed by atoms with Gasteiger partial charge in [-0.1, -0.05) is 6.07 Å². The summed E-state index contributed by atoms with van der Waals surface area (Å²) in [5.41, 5.74) is 4.12. The molecule has 6 nitrogen and oxygen atoms in total. The van der Waals surface area contributed by atoms with Crippen LogP contribution in [0.5, 0.6) is 11.5 Å². The first-order valence-electron chi connectivity index (χ1n) is 10.1. The zero-order chi connectivity index (χ0) is 20.0. The second kappa shape index (κ2) is 7.52. The molecule has 29 heavy (non-hydrogen) atoms. The van der Waals surface area contributed by atoms with Crippen molar-refractivity contribution in [3.63, 3.8) is 0 Å². The average Bonchev–Trinajstić information content (AvgIpc) is 3.64. The third kappa shape index (κ3) is 3.68. The third-order valence-corrected chi connectivity index (χ3v) is 5.70. The summed E-state index contributed by atoms with van der Waals surface area (Å²) in [4.78, 5) is 0. The lowest BCUT2D eigenvalue weighted by Gasteiger charge is -2.26. The van der Waals surface area contributed by atoms with Gasteiger partial charge in [-0.25, -0.2) is 0 Å². The van der Waals surface area contributed by atoms with Crippen LogP contribution in [0.1, 0.15) is 22.3 Å². The first-order valence-corrected chi connectivity index (χ1v) is 10.1. The molecule has 0 radical (unpaired) electrons. The van der Waals surface area contributed by atoms with Crippen LogP contribution in [0, 0.1) is 6.92 Å². The quantitative estimate of drug-likeness (QED) is 0.690. The van der Waals surface area contributed by atoms with Gasteiger partial charge in [0.15, 0.2) is 0 Å². The van der Waals surface area contributed by atoms with Crippen molar-refractivity contribution >= 4 is 10.8 Å². The summed E-state index contributed by atoms with van der Waals surface area (Å²) >= 11 is 0. The molecule has 2 aliphatic heterocycles. The minimum absolute atomic E-state index is 0.0641. The summed E-state index contributed by atoms with van der Waals surface area (Å²) in [6.07, 6.45) is 3.77. The number of aliphatic hydroxyl groups is 1. The topological polar surface area (TPSA) is 73.0 Å². The zero-order valence-electron chi connectivity index (χ0n) is 16.8. The van der Waals surface area contributed by atoms with Gasteiger partial charge in [0.2, 0.25) is 0 Å². The highest BCUT2D eigenvalue weighted by Gasteiger charge is 2.30. The van der Waals surface area contributed by atoms with E-state index in [-0.39, 0.29) is 18.8 Å². The highest BCUT2D eigenvalue weighted by atomic mass is 16.6. The molecule has 2 saturated heterocycles. The van der Waals surface area contributed by atoms with Crippen molar-refractivity contribution in [3.05, 3.63) is 46.2 Å². The second-order valence-electron chi connectivity index (χ2n) is 7.91. The summed E-state index contributed by atoms with van der Waals surface area (Å²) in [5, 5.41) is 12.0. The molecule has 1 aliphatic carbocycles. The number of fused-ring (bicyclic) bond motifs is 2. The van der Waals surface area contributed by atoms with E-state index in [1.54, 1.807) is 7.11 Å². The van der Waals surface area contributed by atoms with Crippen LogP contribution in [0.15, 0.2) is 24.0 Å². The smallest absolute Gasteiger partial charge is 0.131 e. The van der Waals surface area contributed by atoms with Gasteiger partial charge in [-0.15, -0.1) is 0 Å². The van der Waals surface area contributed by atoms with Crippen LogP contribution < -0.4 is 9.47 Å². The molecule has 2 aromatic carbocycles. The fourth-order valence-electron chi connectivity index (χ4n) is 4.05. The van der Waals surface area contributed by atoms with Crippen molar-refractivity contribution in [3.8, 4) is 11.5 Å². The van der Waals surface area contributed by atoms with Crippen molar-refractivity contribution in [2.45, 2.75) is 38.6 Å². The van der Waals surface area contributed by atoms with E-state index in [9.17, 15) is 5.11 Å². The van der Waals surface area contributed by atoms with E-state index >= 15 is 0 Å². The molecule has 0 amide bonds. The Kier molecular flexibility index (Phi) is 4.86. The Morgan fingerprint density at radius 3 is 2.34 bits per heavy atom. The van der Waals surface area contributed by atoms with Crippen LogP contribution in [0.25, 0.3) is 10.8 Å². The predicted molar refractivity (Wildman–Crippen MR) is 108 cm³/mol. The number of hydrogen-bond donors (Lipinski definition) is 1.